The summed E-state index contributed by atoms with van der Waals surface area (Å²) in [6.45, 7) is 4.97. The third kappa shape index (κ3) is 3.07. The van der Waals surface area contributed by atoms with Gasteiger partial charge in [0.05, 0.1) is 17.1 Å². The first kappa shape index (κ1) is 16.3. The smallest absolute Gasteiger partial charge is 0.264 e. The second-order valence-electron chi connectivity index (χ2n) is 6.70. The number of hydrogen-bond donors (Lipinski definition) is 1. The zero-order valence-corrected chi connectivity index (χ0v) is 15.1. The third-order valence-corrected chi connectivity index (χ3v) is 6.04. The van der Waals surface area contributed by atoms with Gasteiger partial charge in [-0.1, -0.05) is 30.3 Å². The fourth-order valence-corrected chi connectivity index (χ4v) is 4.58. The topological polar surface area (TPSA) is 64.2 Å². The molecule has 1 aliphatic rings. The lowest BCUT2D eigenvalue weighted by molar-refractivity contribution is 0.0792. The molecule has 1 aliphatic heterocycles. The molecule has 6 heteroatoms. The molecule has 0 radical (unpaired) electrons. The first-order valence-corrected chi connectivity index (χ1v) is 9.47. The molecular formula is C19H22N4OS. The average molecular weight is 354 g/mol. The Labute approximate surface area is 151 Å². The van der Waals surface area contributed by atoms with Crippen molar-refractivity contribution in [1.82, 2.24) is 14.7 Å². The van der Waals surface area contributed by atoms with Crippen molar-refractivity contribution in [2.75, 3.05) is 19.6 Å². The van der Waals surface area contributed by atoms with Crippen molar-refractivity contribution in [2.24, 2.45) is 11.7 Å². The molecule has 2 N–H and O–H groups in total. The van der Waals surface area contributed by atoms with Crippen LogP contribution in [0.3, 0.4) is 0 Å². The first-order chi connectivity index (χ1) is 12.2. The Kier molecular flexibility index (Phi) is 4.31. The summed E-state index contributed by atoms with van der Waals surface area (Å²) >= 11 is 1.55. The summed E-state index contributed by atoms with van der Waals surface area (Å²) in [6.07, 6.45) is 1.01. The number of carbonyl (C=O) groups excluding carboxylic acids is 1. The van der Waals surface area contributed by atoms with E-state index < -0.39 is 0 Å². The van der Waals surface area contributed by atoms with Gasteiger partial charge in [0, 0.05) is 18.5 Å². The van der Waals surface area contributed by atoms with Crippen LogP contribution in [0.1, 0.15) is 27.3 Å². The Morgan fingerprint density at radius 1 is 1.36 bits per heavy atom. The minimum absolute atomic E-state index is 0.128. The largest absolute Gasteiger partial charge is 0.338 e. The Hall–Kier alpha value is -2.18. The number of amides is 1. The molecule has 25 heavy (non-hydrogen) atoms. The molecule has 1 amide bonds. The van der Waals surface area contributed by atoms with Crippen LogP contribution in [0.15, 0.2) is 36.4 Å². The Bertz CT molecular complexity index is 899. The van der Waals surface area contributed by atoms with Gasteiger partial charge in [-0.25, -0.2) is 0 Å². The van der Waals surface area contributed by atoms with Gasteiger partial charge in [0.15, 0.2) is 0 Å². The van der Waals surface area contributed by atoms with Crippen molar-refractivity contribution >= 4 is 27.5 Å². The number of likely N-dealkylation sites (tertiary alicyclic amines) is 1. The average Bonchev–Trinajstić information content (AvgIpc) is 3.33. The van der Waals surface area contributed by atoms with E-state index in [-0.39, 0.29) is 5.91 Å². The van der Waals surface area contributed by atoms with E-state index >= 15 is 0 Å². The van der Waals surface area contributed by atoms with E-state index in [0.29, 0.717) is 12.5 Å². The molecule has 1 atom stereocenters. The maximum absolute atomic E-state index is 12.8. The number of aromatic nitrogens is 2. The van der Waals surface area contributed by atoms with Gasteiger partial charge in [0.1, 0.15) is 4.83 Å². The van der Waals surface area contributed by atoms with E-state index in [1.54, 1.807) is 11.3 Å². The molecule has 1 unspecified atom stereocenters. The molecule has 0 aliphatic carbocycles. The number of carbonyl (C=O) groups is 1. The van der Waals surface area contributed by atoms with Crippen LogP contribution in [-0.2, 0) is 6.54 Å². The number of thiophene rings is 1. The summed E-state index contributed by atoms with van der Waals surface area (Å²) < 4.78 is 2.01. The lowest BCUT2D eigenvalue weighted by Crippen LogP contribution is -2.29. The van der Waals surface area contributed by atoms with Gasteiger partial charge in [0.25, 0.3) is 5.91 Å². The van der Waals surface area contributed by atoms with E-state index in [0.717, 1.165) is 46.8 Å². The van der Waals surface area contributed by atoms with E-state index in [2.05, 4.69) is 17.2 Å². The van der Waals surface area contributed by atoms with Crippen LogP contribution in [0.2, 0.25) is 0 Å². The Balaban J connectivity index is 1.62. The van der Waals surface area contributed by atoms with Gasteiger partial charge in [-0.05, 0) is 37.4 Å². The maximum Gasteiger partial charge on any atom is 0.264 e. The van der Waals surface area contributed by atoms with Crippen molar-refractivity contribution in [1.29, 1.82) is 0 Å². The van der Waals surface area contributed by atoms with Crippen molar-refractivity contribution < 1.29 is 4.79 Å². The molecule has 3 aromatic rings. The number of aryl methyl sites for hydroxylation is 1. The summed E-state index contributed by atoms with van der Waals surface area (Å²) in [5, 5.41) is 5.74. The lowest BCUT2D eigenvalue weighted by Gasteiger charge is -2.14. The fraction of sp³-hybridized carbons (Fsp3) is 0.368. The van der Waals surface area contributed by atoms with Crippen LogP contribution in [0, 0.1) is 12.8 Å². The second kappa shape index (κ2) is 6.61. The van der Waals surface area contributed by atoms with Crippen molar-refractivity contribution in [2.45, 2.75) is 19.9 Å². The molecule has 4 rings (SSSR count). The highest BCUT2D eigenvalue weighted by atomic mass is 32.1. The number of nitrogens with zero attached hydrogens (tertiary/aromatic N) is 3. The van der Waals surface area contributed by atoms with Gasteiger partial charge in [-0.2, -0.15) is 5.10 Å². The third-order valence-electron chi connectivity index (χ3n) is 4.90. The second-order valence-corrected chi connectivity index (χ2v) is 7.73. The number of fused-ring (bicyclic) bond motifs is 1. The molecule has 5 nitrogen and oxygen atoms in total. The molecule has 1 aromatic carbocycles. The van der Waals surface area contributed by atoms with Gasteiger partial charge in [-0.3, -0.25) is 9.48 Å². The quantitative estimate of drug-likeness (QED) is 0.783. The van der Waals surface area contributed by atoms with Gasteiger partial charge in [-0.15, -0.1) is 11.3 Å². The summed E-state index contributed by atoms with van der Waals surface area (Å²) in [6, 6.07) is 12.3. The predicted molar refractivity (Wildman–Crippen MR) is 101 cm³/mol. The van der Waals surface area contributed by atoms with Crippen LogP contribution < -0.4 is 5.73 Å². The molecule has 1 fully saturated rings. The molecule has 0 saturated carbocycles. The fourth-order valence-electron chi connectivity index (χ4n) is 3.45. The molecular weight excluding hydrogens is 332 g/mol. The lowest BCUT2D eigenvalue weighted by atomic mass is 10.1. The summed E-state index contributed by atoms with van der Waals surface area (Å²) in [5.41, 5.74) is 7.93. The van der Waals surface area contributed by atoms with Gasteiger partial charge in [0.2, 0.25) is 0 Å². The zero-order valence-electron chi connectivity index (χ0n) is 14.3. The van der Waals surface area contributed by atoms with Crippen molar-refractivity contribution in [3.05, 3.63) is 52.5 Å². The Morgan fingerprint density at radius 2 is 2.16 bits per heavy atom. The minimum atomic E-state index is 0.128. The van der Waals surface area contributed by atoms with Crippen LogP contribution in [0.5, 0.6) is 0 Å². The van der Waals surface area contributed by atoms with E-state index in [9.17, 15) is 4.79 Å². The van der Waals surface area contributed by atoms with Crippen molar-refractivity contribution in [3.8, 4) is 0 Å². The molecule has 0 spiro atoms. The standard InChI is InChI=1S/C19H22N4OS/c1-13-16-9-17(18(24)22-8-7-15(10-20)11-22)25-19(16)23(21-13)12-14-5-3-2-4-6-14/h2-6,9,15H,7-8,10-12,20H2,1H3. The van der Waals surface area contributed by atoms with Gasteiger partial charge >= 0.3 is 0 Å². The normalized spacial score (nSPS) is 17.5. The predicted octanol–water partition coefficient (Wildman–Crippen LogP) is 2.88. The molecule has 3 heterocycles. The Morgan fingerprint density at radius 3 is 2.88 bits per heavy atom. The number of benzene rings is 1. The maximum atomic E-state index is 12.8. The number of nitrogens with two attached hydrogens (primary N) is 1. The monoisotopic (exact) mass is 354 g/mol. The van der Waals surface area contributed by atoms with Crippen LogP contribution in [0.25, 0.3) is 10.2 Å². The molecule has 130 valence electrons. The van der Waals surface area contributed by atoms with Crippen LogP contribution in [-0.4, -0.2) is 40.2 Å². The molecule has 1 saturated heterocycles. The van der Waals surface area contributed by atoms with Gasteiger partial charge < -0.3 is 10.6 Å². The molecule has 2 aromatic heterocycles. The summed E-state index contributed by atoms with van der Waals surface area (Å²) in [7, 11) is 0. The highest BCUT2D eigenvalue weighted by molar-refractivity contribution is 7.20. The minimum Gasteiger partial charge on any atom is -0.338 e. The first-order valence-electron chi connectivity index (χ1n) is 8.66. The number of hydrogen-bond acceptors (Lipinski definition) is 4. The summed E-state index contributed by atoms with van der Waals surface area (Å²) in [5.74, 6) is 0.566. The number of rotatable bonds is 4. The van der Waals surface area contributed by atoms with Crippen LogP contribution in [0.4, 0.5) is 0 Å². The molecule has 0 bridgehead atoms. The van der Waals surface area contributed by atoms with Crippen molar-refractivity contribution in [3.63, 3.8) is 0 Å². The van der Waals surface area contributed by atoms with E-state index in [1.807, 2.05) is 40.8 Å². The summed E-state index contributed by atoms with van der Waals surface area (Å²) in [4.78, 5) is 16.6. The zero-order chi connectivity index (χ0) is 17.4. The SMILES string of the molecule is Cc1nn(Cc2ccccc2)c2sc(C(=O)N3CCC(CN)C3)cc12. The van der Waals surface area contributed by atoms with E-state index in [4.69, 9.17) is 5.73 Å². The van der Waals surface area contributed by atoms with Crippen LogP contribution >= 0.6 is 11.3 Å². The highest BCUT2D eigenvalue weighted by Gasteiger charge is 2.27. The highest BCUT2D eigenvalue weighted by Crippen LogP contribution is 2.30. The van der Waals surface area contributed by atoms with E-state index in [1.165, 1.54) is 5.56 Å².